The van der Waals surface area contributed by atoms with Crippen LogP contribution in [0.1, 0.15) is 12.5 Å². The normalized spacial score (nSPS) is 9.18. The molecule has 0 saturated carbocycles. The lowest BCUT2D eigenvalue weighted by Gasteiger charge is -1.98. The summed E-state index contributed by atoms with van der Waals surface area (Å²) in [5.41, 5.74) is 2.12. The molecular formula is C9H11NO. The molecular weight excluding hydrogens is 138 g/mol. The van der Waals surface area contributed by atoms with Crippen molar-refractivity contribution in [2.45, 2.75) is 13.3 Å². The first-order valence-electron chi connectivity index (χ1n) is 3.66. The van der Waals surface area contributed by atoms with Gasteiger partial charge >= 0.3 is 0 Å². The first kappa shape index (κ1) is 7.79. The fourth-order valence-corrected chi connectivity index (χ4v) is 0.905. The smallest absolute Gasteiger partial charge is 0.211 e. The van der Waals surface area contributed by atoms with Crippen LogP contribution in [0.5, 0.6) is 0 Å². The minimum absolute atomic E-state index is 0.682. The van der Waals surface area contributed by atoms with E-state index in [9.17, 15) is 4.79 Å². The molecule has 1 rings (SSSR count). The Morgan fingerprint density at radius 3 is 2.45 bits per heavy atom. The number of benzene rings is 1. The van der Waals surface area contributed by atoms with Crippen LogP contribution in [0, 0.1) is 0 Å². The van der Waals surface area contributed by atoms with Crippen LogP contribution in [-0.4, -0.2) is 6.41 Å². The number of anilines is 1. The number of hydrogen-bond donors (Lipinski definition) is 1. The Hall–Kier alpha value is -1.31. The van der Waals surface area contributed by atoms with Crippen LogP contribution in [0.4, 0.5) is 5.69 Å². The number of hydrogen-bond acceptors (Lipinski definition) is 1. The largest absolute Gasteiger partial charge is 0.329 e. The molecule has 0 aliphatic rings. The summed E-state index contributed by atoms with van der Waals surface area (Å²) in [5.74, 6) is 0. The van der Waals surface area contributed by atoms with Gasteiger partial charge in [-0.15, -0.1) is 0 Å². The SMILES string of the molecule is CCc1ccc(NC=O)cc1. The molecule has 2 nitrogen and oxygen atoms in total. The molecule has 1 N–H and O–H groups in total. The van der Waals surface area contributed by atoms with Crippen molar-refractivity contribution >= 4 is 12.1 Å². The number of carbonyl (C=O) groups is 1. The van der Waals surface area contributed by atoms with Crippen LogP contribution in [0.3, 0.4) is 0 Å². The Labute approximate surface area is 66.2 Å². The zero-order chi connectivity index (χ0) is 8.10. The van der Waals surface area contributed by atoms with E-state index in [0.717, 1.165) is 12.1 Å². The topological polar surface area (TPSA) is 29.1 Å². The van der Waals surface area contributed by atoms with Crippen molar-refractivity contribution in [3.8, 4) is 0 Å². The van der Waals surface area contributed by atoms with Crippen LogP contribution in [0.2, 0.25) is 0 Å². The van der Waals surface area contributed by atoms with E-state index in [0.29, 0.717) is 6.41 Å². The van der Waals surface area contributed by atoms with Gasteiger partial charge in [-0.1, -0.05) is 19.1 Å². The van der Waals surface area contributed by atoms with E-state index < -0.39 is 0 Å². The average molecular weight is 149 g/mol. The van der Waals surface area contributed by atoms with Crippen LogP contribution in [0.15, 0.2) is 24.3 Å². The van der Waals surface area contributed by atoms with Crippen LogP contribution < -0.4 is 5.32 Å². The minimum atomic E-state index is 0.682. The van der Waals surface area contributed by atoms with Gasteiger partial charge in [0.15, 0.2) is 0 Å². The lowest BCUT2D eigenvalue weighted by atomic mass is 10.1. The molecule has 0 fully saturated rings. The molecule has 0 saturated heterocycles. The van der Waals surface area contributed by atoms with Crippen LogP contribution in [-0.2, 0) is 11.2 Å². The summed E-state index contributed by atoms with van der Waals surface area (Å²) in [6.07, 6.45) is 1.71. The molecule has 58 valence electrons. The molecule has 0 aliphatic heterocycles. The lowest BCUT2D eigenvalue weighted by Crippen LogP contribution is -1.92. The van der Waals surface area contributed by atoms with Gasteiger partial charge in [-0.25, -0.2) is 0 Å². The van der Waals surface area contributed by atoms with E-state index in [4.69, 9.17) is 0 Å². The molecule has 0 atom stereocenters. The molecule has 0 unspecified atom stereocenters. The Balaban J connectivity index is 2.74. The van der Waals surface area contributed by atoms with E-state index in [2.05, 4.69) is 12.2 Å². The van der Waals surface area contributed by atoms with Crippen LogP contribution in [0.25, 0.3) is 0 Å². The highest BCUT2D eigenvalue weighted by molar-refractivity contribution is 5.70. The van der Waals surface area contributed by atoms with Gasteiger partial charge in [0.05, 0.1) is 0 Å². The van der Waals surface area contributed by atoms with E-state index in [-0.39, 0.29) is 0 Å². The monoisotopic (exact) mass is 149 g/mol. The molecule has 0 radical (unpaired) electrons. The van der Waals surface area contributed by atoms with Gasteiger partial charge in [0.1, 0.15) is 0 Å². The molecule has 1 amide bonds. The summed E-state index contributed by atoms with van der Waals surface area (Å²) < 4.78 is 0. The second-order valence-corrected chi connectivity index (χ2v) is 2.31. The molecule has 0 heterocycles. The van der Waals surface area contributed by atoms with Crippen molar-refractivity contribution in [3.05, 3.63) is 29.8 Å². The second-order valence-electron chi connectivity index (χ2n) is 2.31. The van der Waals surface area contributed by atoms with Crippen molar-refractivity contribution < 1.29 is 4.79 Å². The summed E-state index contributed by atoms with van der Waals surface area (Å²) in [4.78, 5) is 10.0. The summed E-state index contributed by atoms with van der Waals surface area (Å²) in [6.45, 7) is 2.10. The standard InChI is InChI=1S/C9H11NO/c1-2-8-3-5-9(6-4-8)10-7-11/h3-7H,2H2,1H3,(H,10,11). The Bertz CT molecular complexity index is 228. The zero-order valence-corrected chi connectivity index (χ0v) is 6.50. The predicted molar refractivity (Wildman–Crippen MR) is 45.5 cm³/mol. The molecule has 2 heteroatoms. The van der Waals surface area contributed by atoms with Crippen LogP contribution >= 0.6 is 0 Å². The maximum Gasteiger partial charge on any atom is 0.211 e. The fourth-order valence-electron chi connectivity index (χ4n) is 0.905. The van der Waals surface area contributed by atoms with Crippen molar-refractivity contribution in [3.63, 3.8) is 0 Å². The molecule has 1 aromatic carbocycles. The third-order valence-electron chi connectivity index (χ3n) is 1.59. The molecule has 11 heavy (non-hydrogen) atoms. The van der Waals surface area contributed by atoms with Crippen molar-refractivity contribution in [2.75, 3.05) is 5.32 Å². The number of aryl methyl sites for hydroxylation is 1. The van der Waals surface area contributed by atoms with Crippen molar-refractivity contribution in [1.29, 1.82) is 0 Å². The molecule has 0 aliphatic carbocycles. The van der Waals surface area contributed by atoms with Gasteiger partial charge in [0, 0.05) is 5.69 Å². The molecule has 0 aromatic heterocycles. The number of carbonyl (C=O) groups excluding carboxylic acids is 1. The highest BCUT2D eigenvalue weighted by atomic mass is 16.1. The maximum atomic E-state index is 10.0. The predicted octanol–water partition coefficient (Wildman–Crippen LogP) is 1.82. The van der Waals surface area contributed by atoms with Gasteiger partial charge in [-0.05, 0) is 24.1 Å². The molecule has 0 spiro atoms. The fraction of sp³-hybridized carbons (Fsp3) is 0.222. The zero-order valence-electron chi connectivity index (χ0n) is 6.50. The first-order chi connectivity index (χ1) is 5.36. The maximum absolute atomic E-state index is 10.0. The van der Waals surface area contributed by atoms with Gasteiger partial charge in [0.2, 0.25) is 6.41 Å². The number of nitrogens with one attached hydrogen (secondary N) is 1. The van der Waals surface area contributed by atoms with Gasteiger partial charge < -0.3 is 5.32 Å². The molecule has 0 bridgehead atoms. The average Bonchev–Trinajstić information content (AvgIpc) is 2.07. The lowest BCUT2D eigenvalue weighted by molar-refractivity contribution is -0.105. The Kier molecular flexibility index (Phi) is 2.66. The quantitative estimate of drug-likeness (QED) is 0.652. The number of amides is 1. The highest BCUT2D eigenvalue weighted by Crippen LogP contribution is 2.08. The second kappa shape index (κ2) is 3.76. The van der Waals surface area contributed by atoms with E-state index in [1.165, 1.54) is 5.56 Å². The van der Waals surface area contributed by atoms with E-state index >= 15 is 0 Å². The number of rotatable bonds is 3. The van der Waals surface area contributed by atoms with Crippen molar-refractivity contribution in [1.82, 2.24) is 0 Å². The van der Waals surface area contributed by atoms with Gasteiger partial charge in [-0.3, -0.25) is 4.79 Å². The van der Waals surface area contributed by atoms with E-state index in [1.807, 2.05) is 24.3 Å². The van der Waals surface area contributed by atoms with Gasteiger partial charge in [0.25, 0.3) is 0 Å². The summed E-state index contributed by atoms with van der Waals surface area (Å²) in [6, 6.07) is 7.80. The van der Waals surface area contributed by atoms with Gasteiger partial charge in [-0.2, -0.15) is 0 Å². The van der Waals surface area contributed by atoms with Crippen molar-refractivity contribution in [2.24, 2.45) is 0 Å². The molecule has 1 aromatic rings. The minimum Gasteiger partial charge on any atom is -0.329 e. The third kappa shape index (κ3) is 2.08. The highest BCUT2D eigenvalue weighted by Gasteiger charge is 1.89. The summed E-state index contributed by atoms with van der Waals surface area (Å²) in [5, 5.41) is 2.58. The summed E-state index contributed by atoms with van der Waals surface area (Å²) >= 11 is 0. The Morgan fingerprint density at radius 2 is 2.00 bits per heavy atom. The first-order valence-corrected chi connectivity index (χ1v) is 3.66. The third-order valence-corrected chi connectivity index (χ3v) is 1.59. The summed E-state index contributed by atoms with van der Waals surface area (Å²) in [7, 11) is 0. The van der Waals surface area contributed by atoms with E-state index in [1.54, 1.807) is 0 Å². The Morgan fingerprint density at radius 1 is 1.36 bits per heavy atom.